The van der Waals surface area contributed by atoms with Gasteiger partial charge in [0.1, 0.15) is 0 Å². The van der Waals surface area contributed by atoms with Gasteiger partial charge in [-0.3, -0.25) is 4.72 Å². The highest BCUT2D eigenvalue weighted by Crippen LogP contribution is 2.41. The third-order valence-electron chi connectivity index (χ3n) is 3.57. The molecule has 3 aromatic rings. The van der Waals surface area contributed by atoms with Crippen molar-refractivity contribution in [3.8, 4) is 23.0 Å². The Kier molecular flexibility index (Phi) is 3.57. The molecule has 1 N–H and O–H groups in total. The zero-order chi connectivity index (χ0) is 17.4. The van der Waals surface area contributed by atoms with Crippen LogP contribution in [0.1, 0.15) is 5.82 Å². The first-order valence-corrected chi connectivity index (χ1v) is 8.83. The quantitative estimate of drug-likeness (QED) is 0.763. The van der Waals surface area contributed by atoms with Crippen molar-refractivity contribution in [2.75, 3.05) is 11.5 Å². The molecule has 0 spiro atoms. The van der Waals surface area contributed by atoms with Crippen molar-refractivity contribution < 1.29 is 22.4 Å². The van der Waals surface area contributed by atoms with Crippen LogP contribution in [-0.2, 0) is 10.0 Å². The highest BCUT2D eigenvalue weighted by atomic mass is 32.2. The largest absolute Gasteiger partial charge is 0.454 e. The predicted octanol–water partition coefficient (Wildman–Crippen LogP) is 2.57. The summed E-state index contributed by atoms with van der Waals surface area (Å²) in [6.45, 7) is 1.74. The minimum Gasteiger partial charge on any atom is -0.454 e. The van der Waals surface area contributed by atoms with Crippen LogP contribution in [0.15, 0.2) is 51.9 Å². The number of rotatable bonds is 4. The van der Waals surface area contributed by atoms with Crippen LogP contribution in [0.3, 0.4) is 0 Å². The van der Waals surface area contributed by atoms with Crippen LogP contribution in [0.25, 0.3) is 11.5 Å². The van der Waals surface area contributed by atoms with Crippen molar-refractivity contribution in [1.82, 2.24) is 10.1 Å². The van der Waals surface area contributed by atoms with Gasteiger partial charge in [0, 0.05) is 6.07 Å². The first-order chi connectivity index (χ1) is 12.0. The molecule has 8 nitrogen and oxygen atoms in total. The first-order valence-electron chi connectivity index (χ1n) is 7.35. The molecule has 0 unspecified atom stereocenters. The van der Waals surface area contributed by atoms with Gasteiger partial charge in [-0.1, -0.05) is 23.4 Å². The number of nitrogens with zero attached hydrogens (tertiary/aromatic N) is 2. The third kappa shape index (κ3) is 2.89. The number of benzene rings is 2. The smallest absolute Gasteiger partial charge is 0.261 e. The second-order valence-electron chi connectivity index (χ2n) is 5.32. The number of aromatic nitrogens is 2. The van der Waals surface area contributed by atoms with Gasteiger partial charge in [0.2, 0.25) is 6.79 Å². The minimum atomic E-state index is -3.79. The van der Waals surface area contributed by atoms with E-state index in [0.29, 0.717) is 22.9 Å². The molecule has 9 heteroatoms. The summed E-state index contributed by atoms with van der Waals surface area (Å²) < 4.78 is 43.7. The van der Waals surface area contributed by atoms with Gasteiger partial charge in [-0.2, -0.15) is 4.98 Å². The zero-order valence-electron chi connectivity index (χ0n) is 13.1. The van der Waals surface area contributed by atoms with Gasteiger partial charge in [-0.25, -0.2) is 8.42 Å². The molecule has 0 aliphatic carbocycles. The van der Waals surface area contributed by atoms with Crippen molar-refractivity contribution in [2.24, 2.45) is 0 Å². The highest BCUT2D eigenvalue weighted by Gasteiger charge is 2.24. The van der Waals surface area contributed by atoms with Gasteiger partial charge < -0.3 is 14.0 Å². The molecule has 0 saturated heterocycles. The number of ether oxygens (including phenoxy) is 2. The highest BCUT2D eigenvalue weighted by molar-refractivity contribution is 7.92. The van der Waals surface area contributed by atoms with Crippen molar-refractivity contribution in [1.29, 1.82) is 0 Å². The lowest BCUT2D eigenvalue weighted by Crippen LogP contribution is -2.13. The topological polar surface area (TPSA) is 104 Å². The molecule has 25 heavy (non-hydrogen) atoms. The Morgan fingerprint density at radius 1 is 1.08 bits per heavy atom. The van der Waals surface area contributed by atoms with Crippen LogP contribution < -0.4 is 14.2 Å². The summed E-state index contributed by atoms with van der Waals surface area (Å²) in [5.41, 5.74) is 0.668. The lowest BCUT2D eigenvalue weighted by Gasteiger charge is -2.11. The summed E-state index contributed by atoms with van der Waals surface area (Å²) in [6, 6.07) is 11.2. The van der Waals surface area contributed by atoms with Gasteiger partial charge in [0.05, 0.1) is 16.1 Å². The van der Waals surface area contributed by atoms with E-state index in [2.05, 4.69) is 14.9 Å². The fraction of sp³-hybridized carbons (Fsp3) is 0.125. The Balaban J connectivity index is 1.81. The minimum absolute atomic E-state index is 0.0620. The molecular weight excluding hydrogens is 346 g/mol. The van der Waals surface area contributed by atoms with Crippen LogP contribution in [-0.4, -0.2) is 25.4 Å². The van der Waals surface area contributed by atoms with E-state index in [4.69, 9.17) is 14.0 Å². The molecule has 2 aromatic carbocycles. The number of hydrogen-bond donors (Lipinski definition) is 1. The van der Waals surface area contributed by atoms with Crippen molar-refractivity contribution in [3.63, 3.8) is 0 Å². The molecule has 0 saturated carbocycles. The summed E-state index contributed by atoms with van der Waals surface area (Å²) in [5.74, 6) is 1.53. The van der Waals surface area contributed by atoms with E-state index in [1.165, 1.54) is 18.2 Å². The Labute approximate surface area is 143 Å². The summed E-state index contributed by atoms with van der Waals surface area (Å²) in [7, 11) is -3.79. The van der Waals surface area contributed by atoms with E-state index in [-0.39, 0.29) is 23.3 Å². The fourth-order valence-electron chi connectivity index (χ4n) is 2.41. The predicted molar refractivity (Wildman–Crippen MR) is 87.8 cm³/mol. The summed E-state index contributed by atoms with van der Waals surface area (Å²) in [4.78, 5) is 4.30. The van der Waals surface area contributed by atoms with Crippen LogP contribution in [0.2, 0.25) is 0 Å². The van der Waals surface area contributed by atoms with E-state index in [0.717, 1.165) is 0 Å². The molecule has 0 atom stereocenters. The summed E-state index contributed by atoms with van der Waals surface area (Å²) in [6.07, 6.45) is 0. The van der Waals surface area contributed by atoms with Crippen LogP contribution in [0.5, 0.6) is 11.5 Å². The SMILES string of the molecule is Cc1noc(-c2cc3c(cc2NS(=O)(=O)c2ccccc2)OCO3)n1. The second kappa shape index (κ2) is 5.78. The molecule has 2 heterocycles. The molecule has 0 fully saturated rings. The molecule has 0 amide bonds. The normalized spacial score (nSPS) is 13.0. The first kappa shape index (κ1) is 15.5. The maximum Gasteiger partial charge on any atom is 0.261 e. The average molecular weight is 359 g/mol. The molecule has 1 aliphatic rings. The van der Waals surface area contributed by atoms with Crippen molar-refractivity contribution in [3.05, 3.63) is 48.3 Å². The summed E-state index contributed by atoms with van der Waals surface area (Å²) >= 11 is 0. The molecule has 1 aromatic heterocycles. The Hall–Kier alpha value is -3.07. The van der Waals surface area contributed by atoms with Crippen LogP contribution >= 0.6 is 0 Å². The van der Waals surface area contributed by atoms with E-state index < -0.39 is 10.0 Å². The maximum atomic E-state index is 12.6. The third-order valence-corrected chi connectivity index (χ3v) is 4.95. The molecule has 1 aliphatic heterocycles. The average Bonchev–Trinajstić information content (AvgIpc) is 3.23. The van der Waals surface area contributed by atoms with Crippen LogP contribution in [0, 0.1) is 6.92 Å². The Morgan fingerprint density at radius 2 is 1.80 bits per heavy atom. The van der Waals surface area contributed by atoms with Gasteiger partial charge in [0.25, 0.3) is 15.9 Å². The number of nitrogens with one attached hydrogen (secondary N) is 1. The van der Waals surface area contributed by atoms with E-state index in [9.17, 15) is 8.42 Å². The molecular formula is C16H13N3O5S. The van der Waals surface area contributed by atoms with E-state index in [1.807, 2.05) is 0 Å². The fourth-order valence-corrected chi connectivity index (χ4v) is 3.50. The number of aryl methyl sites for hydroxylation is 1. The van der Waals surface area contributed by atoms with E-state index >= 15 is 0 Å². The Bertz CT molecular complexity index is 1030. The van der Waals surface area contributed by atoms with Crippen molar-refractivity contribution in [2.45, 2.75) is 11.8 Å². The van der Waals surface area contributed by atoms with Crippen molar-refractivity contribution >= 4 is 15.7 Å². The van der Waals surface area contributed by atoms with E-state index in [1.54, 1.807) is 31.2 Å². The summed E-state index contributed by atoms with van der Waals surface area (Å²) in [5, 5.41) is 3.75. The van der Waals surface area contributed by atoms with Crippen LogP contribution in [0.4, 0.5) is 5.69 Å². The monoisotopic (exact) mass is 359 g/mol. The zero-order valence-corrected chi connectivity index (χ0v) is 13.9. The standard InChI is InChI=1S/C16H13N3O5S/c1-10-17-16(24-18-10)12-7-14-15(23-9-22-14)8-13(12)19-25(20,21)11-5-3-2-4-6-11/h2-8,19H,9H2,1H3. The van der Waals surface area contributed by atoms with Gasteiger partial charge in [0.15, 0.2) is 17.3 Å². The molecule has 4 rings (SSSR count). The molecule has 128 valence electrons. The van der Waals surface area contributed by atoms with Gasteiger partial charge >= 0.3 is 0 Å². The number of anilines is 1. The van der Waals surface area contributed by atoms with Gasteiger partial charge in [-0.05, 0) is 25.1 Å². The lowest BCUT2D eigenvalue weighted by molar-refractivity contribution is 0.174. The Morgan fingerprint density at radius 3 is 2.48 bits per heavy atom. The number of sulfonamides is 1. The maximum absolute atomic E-state index is 12.6. The molecule has 0 bridgehead atoms. The number of fused-ring (bicyclic) bond motifs is 1. The molecule has 0 radical (unpaired) electrons. The number of hydrogen-bond acceptors (Lipinski definition) is 7. The lowest BCUT2D eigenvalue weighted by atomic mass is 10.1. The second-order valence-corrected chi connectivity index (χ2v) is 7.00. The van der Waals surface area contributed by atoms with Gasteiger partial charge in [-0.15, -0.1) is 0 Å².